The average Bonchev–Trinajstić information content (AvgIpc) is 2.46. The van der Waals surface area contributed by atoms with Crippen LogP contribution in [0, 0.1) is 5.82 Å². The van der Waals surface area contributed by atoms with Crippen LogP contribution in [0.4, 0.5) is 4.39 Å². The lowest BCUT2D eigenvalue weighted by atomic mass is 10.2. The number of hydrogen-bond acceptors (Lipinski definition) is 2. The number of halogens is 1. The van der Waals surface area contributed by atoms with Crippen LogP contribution < -0.4 is 0 Å². The van der Waals surface area contributed by atoms with Gasteiger partial charge >= 0.3 is 0 Å². The summed E-state index contributed by atoms with van der Waals surface area (Å²) in [5.41, 5.74) is 0.595. The highest BCUT2D eigenvalue weighted by atomic mass is 19.1. The van der Waals surface area contributed by atoms with Crippen molar-refractivity contribution in [1.82, 2.24) is 0 Å². The number of hydrogen-bond donors (Lipinski definition) is 1. The lowest BCUT2D eigenvalue weighted by Crippen LogP contribution is -1.85. The molecule has 0 fully saturated rings. The summed E-state index contributed by atoms with van der Waals surface area (Å²) in [4.78, 5) is 0. The second kappa shape index (κ2) is 2.85. The van der Waals surface area contributed by atoms with E-state index in [9.17, 15) is 9.50 Å². The van der Waals surface area contributed by atoms with E-state index in [2.05, 4.69) is 0 Å². The van der Waals surface area contributed by atoms with Crippen molar-refractivity contribution in [2.24, 2.45) is 0 Å². The van der Waals surface area contributed by atoms with E-state index in [1.165, 1.54) is 12.1 Å². The van der Waals surface area contributed by atoms with Gasteiger partial charge in [-0.2, -0.15) is 0 Å². The van der Waals surface area contributed by atoms with Crippen molar-refractivity contribution in [2.75, 3.05) is 0 Å². The van der Waals surface area contributed by atoms with Crippen LogP contribution >= 0.6 is 0 Å². The van der Waals surface area contributed by atoms with Crippen molar-refractivity contribution in [3.05, 3.63) is 35.8 Å². The van der Waals surface area contributed by atoms with Crippen LogP contribution in [0.25, 0.3) is 11.0 Å². The van der Waals surface area contributed by atoms with Gasteiger partial charge in [-0.15, -0.1) is 0 Å². The average molecular weight is 180 g/mol. The highest BCUT2D eigenvalue weighted by Crippen LogP contribution is 2.24. The maximum atomic E-state index is 12.7. The first kappa shape index (κ1) is 8.26. The third-order valence-electron chi connectivity index (χ3n) is 1.91. The fourth-order valence-corrected chi connectivity index (χ4v) is 1.24. The smallest absolute Gasteiger partial charge is 0.134 e. The molecular weight excluding hydrogens is 171 g/mol. The topological polar surface area (TPSA) is 33.4 Å². The molecule has 0 amide bonds. The Labute approximate surface area is 74.6 Å². The molecule has 0 saturated heterocycles. The Morgan fingerprint density at radius 3 is 2.85 bits per heavy atom. The molecule has 1 heterocycles. The van der Waals surface area contributed by atoms with Crippen LogP contribution in [-0.4, -0.2) is 5.11 Å². The maximum absolute atomic E-state index is 12.7. The molecular formula is C10H9FO2. The van der Waals surface area contributed by atoms with E-state index in [1.54, 1.807) is 19.1 Å². The predicted octanol–water partition coefficient (Wildman–Crippen LogP) is 2.63. The van der Waals surface area contributed by atoms with Crippen LogP contribution in [0.5, 0.6) is 0 Å². The Bertz CT molecular complexity index is 431. The molecule has 0 aliphatic carbocycles. The van der Waals surface area contributed by atoms with E-state index < -0.39 is 6.10 Å². The van der Waals surface area contributed by atoms with Gasteiger partial charge < -0.3 is 9.52 Å². The van der Waals surface area contributed by atoms with Crippen molar-refractivity contribution in [2.45, 2.75) is 13.0 Å². The molecule has 2 aromatic rings. The summed E-state index contributed by atoms with van der Waals surface area (Å²) in [6.07, 6.45) is -0.657. The van der Waals surface area contributed by atoms with Crippen molar-refractivity contribution in [3.63, 3.8) is 0 Å². The van der Waals surface area contributed by atoms with Crippen molar-refractivity contribution >= 4 is 11.0 Å². The summed E-state index contributed by atoms with van der Waals surface area (Å²) < 4.78 is 18.0. The van der Waals surface area contributed by atoms with E-state index in [-0.39, 0.29) is 5.82 Å². The molecule has 68 valence electrons. The van der Waals surface area contributed by atoms with Crippen LogP contribution in [0.15, 0.2) is 28.7 Å². The maximum Gasteiger partial charge on any atom is 0.134 e. The largest absolute Gasteiger partial charge is 0.458 e. The minimum absolute atomic E-state index is 0.301. The number of furan rings is 1. The highest BCUT2D eigenvalue weighted by Gasteiger charge is 2.08. The Morgan fingerprint density at radius 1 is 1.38 bits per heavy atom. The Morgan fingerprint density at radius 2 is 2.15 bits per heavy atom. The zero-order valence-corrected chi connectivity index (χ0v) is 7.12. The van der Waals surface area contributed by atoms with Gasteiger partial charge in [-0.05, 0) is 31.2 Å². The van der Waals surface area contributed by atoms with Gasteiger partial charge in [0.05, 0.1) is 0 Å². The van der Waals surface area contributed by atoms with Crippen LogP contribution in [0.3, 0.4) is 0 Å². The second-order valence-corrected chi connectivity index (χ2v) is 3.01. The summed E-state index contributed by atoms with van der Waals surface area (Å²) in [6.45, 7) is 1.61. The Kier molecular flexibility index (Phi) is 1.81. The third-order valence-corrected chi connectivity index (χ3v) is 1.91. The molecule has 0 aliphatic rings. The monoisotopic (exact) mass is 180 g/mol. The van der Waals surface area contributed by atoms with Crippen LogP contribution in [0.2, 0.25) is 0 Å². The summed E-state index contributed by atoms with van der Waals surface area (Å²) in [7, 11) is 0. The molecule has 0 bridgehead atoms. The van der Waals surface area contributed by atoms with E-state index >= 15 is 0 Å². The first-order valence-electron chi connectivity index (χ1n) is 4.04. The predicted molar refractivity (Wildman–Crippen MR) is 46.8 cm³/mol. The Balaban J connectivity index is 2.62. The number of benzene rings is 1. The fraction of sp³-hybridized carbons (Fsp3) is 0.200. The number of rotatable bonds is 1. The summed E-state index contributed by atoms with van der Waals surface area (Å²) in [5, 5.41) is 9.88. The highest BCUT2D eigenvalue weighted by molar-refractivity contribution is 5.77. The minimum Gasteiger partial charge on any atom is -0.458 e. The quantitative estimate of drug-likeness (QED) is 0.731. The first-order valence-corrected chi connectivity index (χ1v) is 4.04. The lowest BCUT2D eigenvalue weighted by Gasteiger charge is -1.95. The molecule has 13 heavy (non-hydrogen) atoms. The number of aliphatic hydroxyl groups excluding tert-OH is 1. The minimum atomic E-state index is -0.657. The molecule has 3 heteroatoms. The molecule has 1 N–H and O–H groups in total. The molecule has 1 unspecified atom stereocenters. The SMILES string of the molecule is CC(O)c1cc2cc(F)ccc2o1. The van der Waals surface area contributed by atoms with Crippen molar-refractivity contribution in [3.8, 4) is 0 Å². The van der Waals surface area contributed by atoms with Gasteiger partial charge in [-0.25, -0.2) is 4.39 Å². The molecule has 2 nitrogen and oxygen atoms in total. The Hall–Kier alpha value is -1.35. The van der Waals surface area contributed by atoms with Gasteiger partial charge in [0.25, 0.3) is 0 Å². The van der Waals surface area contributed by atoms with Gasteiger partial charge in [0.15, 0.2) is 0 Å². The van der Waals surface area contributed by atoms with E-state index in [0.717, 1.165) is 0 Å². The molecule has 1 aromatic carbocycles. The summed E-state index contributed by atoms with van der Waals surface area (Å²) in [6, 6.07) is 5.90. The lowest BCUT2D eigenvalue weighted by molar-refractivity contribution is 0.172. The van der Waals surface area contributed by atoms with Gasteiger partial charge in [0.1, 0.15) is 23.3 Å². The van der Waals surface area contributed by atoms with Crippen molar-refractivity contribution in [1.29, 1.82) is 0 Å². The van der Waals surface area contributed by atoms with E-state index in [1.807, 2.05) is 0 Å². The number of fused-ring (bicyclic) bond motifs is 1. The standard InChI is InChI=1S/C10H9FO2/c1-6(12)10-5-7-4-8(11)2-3-9(7)13-10/h2-6,12H,1H3. The summed E-state index contributed by atoms with van der Waals surface area (Å²) in [5.74, 6) is 0.158. The summed E-state index contributed by atoms with van der Waals surface area (Å²) >= 11 is 0. The van der Waals surface area contributed by atoms with E-state index in [0.29, 0.717) is 16.7 Å². The normalized spacial score (nSPS) is 13.5. The molecule has 1 atom stereocenters. The zero-order valence-electron chi connectivity index (χ0n) is 7.12. The zero-order chi connectivity index (χ0) is 9.42. The van der Waals surface area contributed by atoms with Crippen LogP contribution in [0.1, 0.15) is 18.8 Å². The van der Waals surface area contributed by atoms with Gasteiger partial charge in [-0.1, -0.05) is 0 Å². The van der Waals surface area contributed by atoms with Crippen LogP contribution in [-0.2, 0) is 0 Å². The second-order valence-electron chi connectivity index (χ2n) is 3.01. The van der Waals surface area contributed by atoms with Gasteiger partial charge in [0.2, 0.25) is 0 Å². The molecule has 0 radical (unpaired) electrons. The molecule has 2 rings (SSSR count). The third kappa shape index (κ3) is 1.42. The van der Waals surface area contributed by atoms with Crippen molar-refractivity contribution < 1.29 is 13.9 Å². The molecule has 0 saturated carbocycles. The van der Waals surface area contributed by atoms with Gasteiger partial charge in [-0.3, -0.25) is 0 Å². The number of aliphatic hydroxyl groups is 1. The fourth-order valence-electron chi connectivity index (χ4n) is 1.24. The van der Waals surface area contributed by atoms with Gasteiger partial charge in [0, 0.05) is 5.39 Å². The van der Waals surface area contributed by atoms with E-state index in [4.69, 9.17) is 4.42 Å². The molecule has 0 aliphatic heterocycles. The first-order chi connectivity index (χ1) is 6.16. The molecule has 0 spiro atoms. The molecule has 1 aromatic heterocycles.